The topological polar surface area (TPSA) is 69.0 Å². The molecule has 124 valence electrons. The van der Waals surface area contributed by atoms with Crippen LogP contribution in [0.5, 0.6) is 5.75 Å². The number of aromatic nitrogens is 3. The Hall–Kier alpha value is -2.60. The van der Waals surface area contributed by atoms with Gasteiger partial charge in [0, 0.05) is 5.69 Å². The lowest BCUT2D eigenvalue weighted by Crippen LogP contribution is -2.19. The maximum atomic E-state index is 12.3. The molecule has 24 heavy (non-hydrogen) atoms. The highest BCUT2D eigenvalue weighted by atomic mass is 35.5. The van der Waals surface area contributed by atoms with Crippen molar-refractivity contribution in [3.63, 3.8) is 0 Å². The first-order valence-corrected chi connectivity index (χ1v) is 7.79. The molecule has 1 amide bonds. The Morgan fingerprint density at radius 3 is 2.71 bits per heavy atom. The molecule has 0 radical (unpaired) electrons. The summed E-state index contributed by atoms with van der Waals surface area (Å²) in [5.74, 6) is 0.351. The van der Waals surface area contributed by atoms with Crippen molar-refractivity contribution in [2.75, 3.05) is 12.4 Å². The van der Waals surface area contributed by atoms with Gasteiger partial charge in [-0.1, -0.05) is 16.8 Å². The predicted molar refractivity (Wildman–Crippen MR) is 93.6 cm³/mol. The number of amides is 1. The van der Waals surface area contributed by atoms with Crippen LogP contribution in [0.15, 0.2) is 30.3 Å². The molecule has 0 aliphatic carbocycles. The lowest BCUT2D eigenvalue weighted by Gasteiger charge is -2.08. The average molecular weight is 345 g/mol. The summed E-state index contributed by atoms with van der Waals surface area (Å²) in [5, 5.41) is 11.4. The van der Waals surface area contributed by atoms with E-state index < -0.39 is 0 Å². The maximum Gasteiger partial charge on any atom is 0.246 e. The Morgan fingerprint density at radius 1 is 1.25 bits per heavy atom. The molecule has 0 fully saturated rings. The van der Waals surface area contributed by atoms with Gasteiger partial charge in [0.2, 0.25) is 5.91 Å². The predicted octanol–water partition coefficient (Wildman–Crippen LogP) is 3.35. The van der Waals surface area contributed by atoms with E-state index in [1.165, 1.54) is 0 Å². The summed E-state index contributed by atoms with van der Waals surface area (Å²) >= 11 is 6.06. The summed E-state index contributed by atoms with van der Waals surface area (Å²) in [7, 11) is 1.54. The van der Waals surface area contributed by atoms with Crippen LogP contribution in [0.2, 0.25) is 5.02 Å². The second-order valence-electron chi connectivity index (χ2n) is 5.57. The fraction of sp³-hybridized carbons (Fsp3) is 0.235. The molecule has 0 spiro atoms. The summed E-state index contributed by atoms with van der Waals surface area (Å²) in [6, 6.07) is 9.03. The van der Waals surface area contributed by atoms with Gasteiger partial charge < -0.3 is 10.1 Å². The highest BCUT2D eigenvalue weighted by Crippen LogP contribution is 2.27. The summed E-state index contributed by atoms with van der Waals surface area (Å²) in [5.41, 5.74) is 4.49. The van der Waals surface area contributed by atoms with Gasteiger partial charge >= 0.3 is 0 Å². The van der Waals surface area contributed by atoms with E-state index in [2.05, 4.69) is 15.6 Å². The molecule has 6 nitrogen and oxygen atoms in total. The van der Waals surface area contributed by atoms with Crippen molar-refractivity contribution >= 4 is 34.2 Å². The largest absolute Gasteiger partial charge is 0.495 e. The monoisotopic (exact) mass is 344 g/mol. The van der Waals surface area contributed by atoms with Gasteiger partial charge in [-0.3, -0.25) is 4.79 Å². The molecule has 0 aliphatic heterocycles. The Kier molecular flexibility index (Phi) is 4.40. The van der Waals surface area contributed by atoms with Gasteiger partial charge in [-0.15, -0.1) is 5.10 Å². The van der Waals surface area contributed by atoms with Crippen LogP contribution in [0, 0.1) is 13.8 Å². The molecule has 0 bridgehead atoms. The number of nitrogens with zero attached hydrogens (tertiary/aromatic N) is 3. The molecule has 1 heterocycles. The van der Waals surface area contributed by atoms with Crippen molar-refractivity contribution in [2.24, 2.45) is 0 Å². The third-order valence-electron chi connectivity index (χ3n) is 3.86. The van der Waals surface area contributed by atoms with Crippen molar-refractivity contribution in [3.05, 3.63) is 46.5 Å². The Labute approximate surface area is 144 Å². The first-order valence-electron chi connectivity index (χ1n) is 7.42. The van der Waals surface area contributed by atoms with Gasteiger partial charge in [-0.25, -0.2) is 4.68 Å². The molecular weight excluding hydrogens is 328 g/mol. The van der Waals surface area contributed by atoms with Crippen LogP contribution in [0.3, 0.4) is 0 Å². The molecule has 0 saturated carbocycles. The zero-order valence-corrected chi connectivity index (χ0v) is 14.4. The Morgan fingerprint density at radius 2 is 2.00 bits per heavy atom. The molecule has 0 saturated heterocycles. The molecule has 1 N–H and O–H groups in total. The quantitative estimate of drug-likeness (QED) is 0.788. The third-order valence-corrected chi connectivity index (χ3v) is 4.15. The molecule has 3 rings (SSSR count). The van der Waals surface area contributed by atoms with E-state index in [0.717, 1.165) is 22.2 Å². The number of halogens is 1. The Balaban J connectivity index is 1.78. The van der Waals surface area contributed by atoms with Crippen LogP contribution < -0.4 is 10.1 Å². The standard InChI is InChI=1S/C17H17ClN4O2/c1-10-6-14-15(7-11(10)2)22(21-20-14)9-17(23)19-12-4-5-16(24-3)13(18)8-12/h4-8H,9H2,1-3H3,(H,19,23). The second-order valence-corrected chi connectivity index (χ2v) is 5.98. The number of hydrogen-bond acceptors (Lipinski definition) is 4. The number of hydrogen-bond donors (Lipinski definition) is 1. The molecule has 1 aromatic heterocycles. The van der Waals surface area contributed by atoms with E-state index in [1.54, 1.807) is 30.0 Å². The number of nitrogens with one attached hydrogen (secondary N) is 1. The Bertz CT molecular complexity index is 920. The molecule has 0 atom stereocenters. The highest BCUT2D eigenvalue weighted by Gasteiger charge is 2.11. The van der Waals surface area contributed by atoms with Crippen LogP contribution >= 0.6 is 11.6 Å². The number of methoxy groups -OCH3 is 1. The van der Waals surface area contributed by atoms with Crippen molar-refractivity contribution in [3.8, 4) is 5.75 Å². The molecular formula is C17H17ClN4O2. The van der Waals surface area contributed by atoms with Gasteiger partial charge in [0.15, 0.2) is 0 Å². The van der Waals surface area contributed by atoms with E-state index in [1.807, 2.05) is 26.0 Å². The number of aryl methyl sites for hydroxylation is 2. The maximum absolute atomic E-state index is 12.3. The minimum atomic E-state index is -0.207. The van der Waals surface area contributed by atoms with Crippen molar-refractivity contribution < 1.29 is 9.53 Å². The summed E-state index contributed by atoms with van der Waals surface area (Å²) in [6.07, 6.45) is 0. The fourth-order valence-electron chi connectivity index (χ4n) is 2.42. The number of carbonyl (C=O) groups excluding carboxylic acids is 1. The number of anilines is 1. The SMILES string of the molecule is COc1ccc(NC(=O)Cn2nnc3cc(C)c(C)cc32)cc1Cl. The summed E-state index contributed by atoms with van der Waals surface area (Å²) < 4.78 is 6.68. The van der Waals surface area contributed by atoms with Crippen LogP contribution in [-0.4, -0.2) is 28.0 Å². The van der Waals surface area contributed by atoms with E-state index in [0.29, 0.717) is 16.5 Å². The lowest BCUT2D eigenvalue weighted by molar-refractivity contribution is -0.116. The van der Waals surface area contributed by atoms with Gasteiger partial charge in [0.1, 0.15) is 17.8 Å². The number of ether oxygens (including phenoxy) is 1. The summed E-state index contributed by atoms with van der Waals surface area (Å²) in [6.45, 7) is 4.11. The molecule has 2 aromatic carbocycles. The van der Waals surface area contributed by atoms with E-state index >= 15 is 0 Å². The average Bonchev–Trinajstić information content (AvgIpc) is 2.90. The lowest BCUT2D eigenvalue weighted by atomic mass is 10.1. The van der Waals surface area contributed by atoms with Gasteiger partial charge in [0.25, 0.3) is 0 Å². The van der Waals surface area contributed by atoms with Crippen molar-refractivity contribution in [2.45, 2.75) is 20.4 Å². The van der Waals surface area contributed by atoms with Crippen LogP contribution in [0.1, 0.15) is 11.1 Å². The number of fused-ring (bicyclic) bond motifs is 1. The van der Waals surface area contributed by atoms with Gasteiger partial charge in [-0.2, -0.15) is 0 Å². The zero-order chi connectivity index (χ0) is 17.3. The zero-order valence-electron chi connectivity index (χ0n) is 13.6. The molecule has 7 heteroatoms. The molecule has 3 aromatic rings. The summed E-state index contributed by atoms with van der Waals surface area (Å²) in [4.78, 5) is 12.3. The minimum Gasteiger partial charge on any atom is -0.495 e. The van der Waals surface area contributed by atoms with E-state index in [9.17, 15) is 4.79 Å². The number of carbonyl (C=O) groups is 1. The normalized spacial score (nSPS) is 10.8. The third kappa shape index (κ3) is 3.19. The van der Waals surface area contributed by atoms with Crippen molar-refractivity contribution in [1.82, 2.24) is 15.0 Å². The van der Waals surface area contributed by atoms with E-state index in [4.69, 9.17) is 16.3 Å². The highest BCUT2D eigenvalue weighted by molar-refractivity contribution is 6.32. The van der Waals surface area contributed by atoms with Crippen molar-refractivity contribution in [1.29, 1.82) is 0 Å². The minimum absolute atomic E-state index is 0.0721. The number of benzene rings is 2. The fourth-order valence-corrected chi connectivity index (χ4v) is 2.68. The van der Waals surface area contributed by atoms with Crippen LogP contribution in [0.25, 0.3) is 11.0 Å². The van der Waals surface area contributed by atoms with Gasteiger partial charge in [-0.05, 0) is 55.3 Å². The van der Waals surface area contributed by atoms with Crippen LogP contribution in [-0.2, 0) is 11.3 Å². The van der Waals surface area contributed by atoms with Crippen LogP contribution in [0.4, 0.5) is 5.69 Å². The number of rotatable bonds is 4. The molecule has 0 aliphatic rings. The van der Waals surface area contributed by atoms with E-state index in [-0.39, 0.29) is 12.5 Å². The second kappa shape index (κ2) is 6.49. The first kappa shape index (κ1) is 16.3. The smallest absolute Gasteiger partial charge is 0.246 e. The first-order chi connectivity index (χ1) is 11.5. The molecule has 0 unspecified atom stereocenters. The van der Waals surface area contributed by atoms with Gasteiger partial charge in [0.05, 0.1) is 17.6 Å².